The summed E-state index contributed by atoms with van der Waals surface area (Å²) in [7, 11) is 1.58. The van der Waals surface area contributed by atoms with Crippen LogP contribution in [0.5, 0.6) is 17.2 Å². The molecular formula is C27H35N3O5. The number of hydrogen-bond donors (Lipinski definition) is 1. The Morgan fingerprint density at radius 2 is 1.80 bits per heavy atom. The summed E-state index contributed by atoms with van der Waals surface area (Å²) in [6, 6.07) is 11.8. The van der Waals surface area contributed by atoms with Crippen molar-refractivity contribution < 1.29 is 23.8 Å². The first-order valence-corrected chi connectivity index (χ1v) is 12.4. The van der Waals surface area contributed by atoms with Crippen molar-refractivity contribution in [2.45, 2.75) is 52.1 Å². The molecule has 2 aromatic carbocycles. The second kappa shape index (κ2) is 11.9. The molecule has 2 aromatic rings. The van der Waals surface area contributed by atoms with Crippen molar-refractivity contribution in [2.75, 3.05) is 38.4 Å². The van der Waals surface area contributed by atoms with E-state index in [0.717, 1.165) is 62.0 Å². The lowest BCUT2D eigenvalue weighted by atomic mass is 10.1. The number of para-hydroxylation sites is 1. The number of carbonyl (C=O) groups is 2. The fourth-order valence-electron chi connectivity index (χ4n) is 4.69. The van der Waals surface area contributed by atoms with Crippen LogP contribution in [0.15, 0.2) is 36.4 Å². The fourth-order valence-corrected chi connectivity index (χ4v) is 4.69. The van der Waals surface area contributed by atoms with Crippen LogP contribution < -0.4 is 24.4 Å². The first-order valence-electron chi connectivity index (χ1n) is 12.4. The van der Waals surface area contributed by atoms with Crippen LogP contribution in [0.3, 0.4) is 0 Å². The summed E-state index contributed by atoms with van der Waals surface area (Å²) in [5.41, 5.74) is 2.89. The molecule has 0 spiro atoms. The highest BCUT2D eigenvalue weighted by atomic mass is 16.7. The molecule has 2 aliphatic heterocycles. The third kappa shape index (κ3) is 6.45. The smallest absolute Gasteiger partial charge is 0.234 e. The van der Waals surface area contributed by atoms with Gasteiger partial charge in [0.25, 0.3) is 0 Å². The minimum Gasteiger partial charge on any atom is -0.493 e. The van der Waals surface area contributed by atoms with Crippen molar-refractivity contribution in [3.63, 3.8) is 0 Å². The summed E-state index contributed by atoms with van der Waals surface area (Å²) in [5, 5.41) is 3.03. The van der Waals surface area contributed by atoms with Gasteiger partial charge in [0.2, 0.25) is 24.4 Å². The van der Waals surface area contributed by atoms with E-state index in [1.165, 1.54) is 0 Å². The van der Waals surface area contributed by atoms with Crippen molar-refractivity contribution >= 4 is 17.5 Å². The number of rotatable bonds is 5. The van der Waals surface area contributed by atoms with Gasteiger partial charge in [-0.15, -0.1) is 0 Å². The van der Waals surface area contributed by atoms with E-state index in [2.05, 4.69) is 16.3 Å². The standard InChI is InChI=1S/C27H35N3O5/c1-20(31)30-13-9-5-3-4-8-12-29(17-22-10-6-7-11-23(22)30)18-26(32)28-16-21-14-24(33-2)27-25(15-21)34-19-35-27/h6-7,10-11,14-15H,3-5,8-9,12-13,16-19H2,1-2H3,(H,28,32). The van der Waals surface area contributed by atoms with E-state index in [1.807, 2.05) is 35.2 Å². The summed E-state index contributed by atoms with van der Waals surface area (Å²) < 4.78 is 16.3. The van der Waals surface area contributed by atoms with Crippen LogP contribution in [0.4, 0.5) is 5.69 Å². The van der Waals surface area contributed by atoms with Gasteiger partial charge in [-0.3, -0.25) is 14.5 Å². The number of amides is 2. The van der Waals surface area contributed by atoms with Gasteiger partial charge in [0.1, 0.15) is 0 Å². The zero-order chi connectivity index (χ0) is 24.6. The molecular weight excluding hydrogens is 446 g/mol. The van der Waals surface area contributed by atoms with E-state index in [1.54, 1.807) is 14.0 Å². The molecule has 188 valence electrons. The molecule has 0 saturated heterocycles. The number of fused-ring (bicyclic) bond motifs is 2. The summed E-state index contributed by atoms with van der Waals surface area (Å²) >= 11 is 0. The number of benzene rings is 2. The summed E-state index contributed by atoms with van der Waals surface area (Å²) in [5.74, 6) is 1.83. The molecule has 2 aliphatic rings. The van der Waals surface area contributed by atoms with Gasteiger partial charge in [-0.25, -0.2) is 0 Å². The monoisotopic (exact) mass is 481 g/mol. The Morgan fingerprint density at radius 3 is 2.60 bits per heavy atom. The highest BCUT2D eigenvalue weighted by Gasteiger charge is 2.21. The molecule has 8 heteroatoms. The average molecular weight is 482 g/mol. The molecule has 1 N–H and O–H groups in total. The number of methoxy groups -OCH3 is 1. The van der Waals surface area contributed by atoms with Gasteiger partial charge in [0.15, 0.2) is 11.5 Å². The molecule has 0 atom stereocenters. The maximum Gasteiger partial charge on any atom is 0.234 e. The zero-order valence-corrected chi connectivity index (χ0v) is 20.7. The molecule has 2 heterocycles. The number of carbonyl (C=O) groups excluding carboxylic acids is 2. The van der Waals surface area contributed by atoms with E-state index < -0.39 is 0 Å². The van der Waals surface area contributed by atoms with Crippen molar-refractivity contribution in [1.82, 2.24) is 10.2 Å². The number of nitrogens with zero attached hydrogens (tertiary/aromatic N) is 2. The van der Waals surface area contributed by atoms with Gasteiger partial charge in [-0.1, -0.05) is 37.5 Å². The van der Waals surface area contributed by atoms with Crippen LogP contribution >= 0.6 is 0 Å². The predicted molar refractivity (Wildman–Crippen MR) is 134 cm³/mol. The molecule has 2 amide bonds. The van der Waals surface area contributed by atoms with Gasteiger partial charge in [-0.2, -0.15) is 0 Å². The summed E-state index contributed by atoms with van der Waals surface area (Å²) in [6.45, 7) is 4.62. The largest absolute Gasteiger partial charge is 0.493 e. The Bertz CT molecular complexity index is 1040. The second-order valence-electron chi connectivity index (χ2n) is 9.09. The molecule has 8 nitrogen and oxygen atoms in total. The van der Waals surface area contributed by atoms with Crippen molar-refractivity contribution in [3.8, 4) is 17.2 Å². The fraction of sp³-hybridized carbons (Fsp3) is 0.481. The zero-order valence-electron chi connectivity index (χ0n) is 20.7. The Morgan fingerprint density at radius 1 is 1.03 bits per heavy atom. The molecule has 0 radical (unpaired) electrons. The van der Waals surface area contributed by atoms with Gasteiger partial charge in [-0.05, 0) is 48.7 Å². The van der Waals surface area contributed by atoms with Crippen LogP contribution in [-0.4, -0.2) is 50.3 Å². The normalized spacial score (nSPS) is 16.6. The first-order chi connectivity index (χ1) is 17.0. The quantitative estimate of drug-likeness (QED) is 0.699. The Labute approximate surface area is 207 Å². The summed E-state index contributed by atoms with van der Waals surface area (Å²) in [6.07, 6.45) is 5.41. The third-order valence-electron chi connectivity index (χ3n) is 6.49. The molecule has 0 bridgehead atoms. The van der Waals surface area contributed by atoms with Crippen LogP contribution in [0.25, 0.3) is 0 Å². The lowest BCUT2D eigenvalue weighted by Crippen LogP contribution is -2.38. The van der Waals surface area contributed by atoms with Crippen LogP contribution in [0.2, 0.25) is 0 Å². The van der Waals surface area contributed by atoms with E-state index in [0.29, 0.717) is 30.3 Å². The second-order valence-corrected chi connectivity index (χ2v) is 9.09. The molecule has 0 unspecified atom stereocenters. The van der Waals surface area contributed by atoms with E-state index >= 15 is 0 Å². The van der Waals surface area contributed by atoms with Gasteiger partial charge in [0.05, 0.1) is 13.7 Å². The third-order valence-corrected chi connectivity index (χ3v) is 6.49. The van der Waals surface area contributed by atoms with Gasteiger partial charge in [0, 0.05) is 32.2 Å². The SMILES string of the molecule is COc1cc(CNC(=O)CN2CCCCCCCN(C(C)=O)c3ccccc3C2)cc2c1OCO2. The van der Waals surface area contributed by atoms with Gasteiger partial charge >= 0.3 is 0 Å². The lowest BCUT2D eigenvalue weighted by Gasteiger charge is -2.28. The Hall–Kier alpha value is -3.26. The molecule has 0 saturated carbocycles. The van der Waals surface area contributed by atoms with Crippen LogP contribution in [0, 0.1) is 0 Å². The molecule has 0 aromatic heterocycles. The number of anilines is 1. The minimum absolute atomic E-state index is 0.0466. The van der Waals surface area contributed by atoms with Gasteiger partial charge < -0.3 is 24.4 Å². The van der Waals surface area contributed by atoms with E-state index in [9.17, 15) is 9.59 Å². The van der Waals surface area contributed by atoms with Crippen molar-refractivity contribution in [3.05, 3.63) is 47.5 Å². The van der Waals surface area contributed by atoms with Crippen molar-refractivity contribution in [2.24, 2.45) is 0 Å². The lowest BCUT2D eigenvalue weighted by molar-refractivity contribution is -0.122. The minimum atomic E-state index is -0.0466. The average Bonchev–Trinajstić information content (AvgIpc) is 3.32. The van der Waals surface area contributed by atoms with E-state index in [-0.39, 0.29) is 25.2 Å². The predicted octanol–water partition coefficient (Wildman–Crippen LogP) is 3.86. The molecule has 4 rings (SSSR count). The number of hydrogen-bond acceptors (Lipinski definition) is 6. The highest BCUT2D eigenvalue weighted by molar-refractivity contribution is 5.92. The first kappa shape index (κ1) is 24.9. The highest BCUT2D eigenvalue weighted by Crippen LogP contribution is 2.41. The van der Waals surface area contributed by atoms with Crippen LogP contribution in [0.1, 0.15) is 50.2 Å². The molecule has 0 fully saturated rings. The number of nitrogens with one attached hydrogen (secondary N) is 1. The summed E-state index contributed by atoms with van der Waals surface area (Å²) in [4.78, 5) is 29.4. The maximum absolute atomic E-state index is 12.9. The Kier molecular flexibility index (Phi) is 8.47. The van der Waals surface area contributed by atoms with E-state index in [4.69, 9.17) is 14.2 Å². The van der Waals surface area contributed by atoms with Crippen LogP contribution in [-0.2, 0) is 22.7 Å². The van der Waals surface area contributed by atoms with Crippen molar-refractivity contribution in [1.29, 1.82) is 0 Å². The number of ether oxygens (including phenoxy) is 3. The Balaban J connectivity index is 1.44. The topological polar surface area (TPSA) is 80.3 Å². The molecule has 35 heavy (non-hydrogen) atoms. The molecule has 0 aliphatic carbocycles. The maximum atomic E-state index is 12.9.